The summed E-state index contributed by atoms with van der Waals surface area (Å²) in [6.07, 6.45) is -7.66. The summed E-state index contributed by atoms with van der Waals surface area (Å²) >= 11 is 0. The average Bonchev–Trinajstić information content (AvgIpc) is 3.72. The highest BCUT2D eigenvalue weighted by molar-refractivity contribution is 7.79. The third kappa shape index (κ3) is 5.44. The van der Waals surface area contributed by atoms with Crippen molar-refractivity contribution in [1.29, 1.82) is 0 Å². The number of nitrogens with one attached hydrogen (secondary N) is 1. The van der Waals surface area contributed by atoms with Gasteiger partial charge in [-0.05, 0) is 6.92 Å². The van der Waals surface area contributed by atoms with E-state index in [0.717, 1.165) is 0 Å². The molecule has 0 spiro atoms. The Morgan fingerprint density at radius 3 is 2.24 bits per heavy atom. The van der Waals surface area contributed by atoms with Crippen LogP contribution in [0.15, 0.2) is 23.8 Å². The summed E-state index contributed by atoms with van der Waals surface area (Å²) in [4.78, 5) is 35.4. The zero-order chi connectivity index (χ0) is 31.8. The Bertz CT molecular complexity index is 1940. The summed E-state index contributed by atoms with van der Waals surface area (Å²) in [5.41, 5.74) is 5.78. The molecule has 3 aliphatic rings. The smallest absolute Gasteiger partial charge is 0.279 e. The van der Waals surface area contributed by atoms with E-state index in [4.69, 9.17) is 48.4 Å². The van der Waals surface area contributed by atoms with Gasteiger partial charge in [0.1, 0.15) is 54.3 Å². The van der Waals surface area contributed by atoms with Crippen LogP contribution in [0.5, 0.6) is 0 Å². The van der Waals surface area contributed by atoms with Gasteiger partial charge in [-0.3, -0.25) is 23.1 Å². The lowest BCUT2D eigenvalue weighted by Crippen LogP contribution is -2.36. The van der Waals surface area contributed by atoms with Crippen LogP contribution in [0.2, 0.25) is 0 Å². The normalized spacial score (nSPS) is 37.7. The van der Waals surface area contributed by atoms with Crippen LogP contribution >= 0.6 is 14.9 Å². The van der Waals surface area contributed by atoms with Crippen molar-refractivity contribution in [2.24, 2.45) is 0 Å². The van der Waals surface area contributed by atoms with Crippen LogP contribution in [0.1, 0.15) is 18.3 Å². The SMILES string of the molecule is [B][P@]1(=O)OCC2OC(n3cnc4c(=O)[nH]c(C)nc43)C(O[P@@]([B])(=O)OCC3OC(n4cnc5c(N)ncnc54)C(O)C3O1)C2O. The number of aliphatic hydroxyl groups excluding tert-OH is 2. The molecule has 24 heteroatoms. The molecule has 4 aromatic rings. The predicted octanol–water partition coefficient (Wildman–Crippen LogP) is -1.26. The number of ether oxygens (including phenoxy) is 2. The predicted molar refractivity (Wildman–Crippen MR) is 151 cm³/mol. The summed E-state index contributed by atoms with van der Waals surface area (Å²) in [5, 5.41) is 22.3. The molecule has 10 atom stereocenters. The molecule has 7 heterocycles. The lowest BCUT2D eigenvalue weighted by molar-refractivity contribution is -0.0578. The van der Waals surface area contributed by atoms with Gasteiger partial charge in [-0.25, -0.2) is 24.9 Å². The van der Waals surface area contributed by atoms with E-state index in [1.807, 2.05) is 0 Å². The zero-order valence-electron chi connectivity index (χ0n) is 23.1. The number of nitrogens with zero attached hydrogens (tertiary/aromatic N) is 7. The number of nitrogen functional groups attached to an aromatic ring is 1. The van der Waals surface area contributed by atoms with Gasteiger partial charge in [0, 0.05) is 0 Å². The number of anilines is 1. The number of fused-ring (bicyclic) bond motifs is 5. The van der Waals surface area contributed by atoms with Crippen molar-refractivity contribution in [3.63, 3.8) is 0 Å². The first-order valence-corrected chi connectivity index (χ1v) is 16.5. The first-order chi connectivity index (χ1) is 21.3. The van der Waals surface area contributed by atoms with Crippen molar-refractivity contribution in [3.05, 3.63) is 35.2 Å². The fraction of sp³-hybridized carbons (Fsp3) is 0.524. The maximum Gasteiger partial charge on any atom is 0.279 e. The van der Waals surface area contributed by atoms with E-state index in [9.17, 15) is 24.1 Å². The van der Waals surface area contributed by atoms with E-state index < -0.39 is 82.8 Å². The van der Waals surface area contributed by atoms with Gasteiger partial charge < -0.3 is 48.5 Å². The van der Waals surface area contributed by atoms with Gasteiger partial charge in [0.05, 0.1) is 25.9 Å². The molecule has 0 saturated carbocycles. The van der Waals surface area contributed by atoms with Crippen LogP contribution in [0, 0.1) is 6.92 Å². The molecule has 7 rings (SSSR count). The number of aromatic nitrogens is 8. The van der Waals surface area contributed by atoms with Crippen LogP contribution in [0.25, 0.3) is 22.3 Å². The highest BCUT2D eigenvalue weighted by Crippen LogP contribution is 2.53. The second kappa shape index (κ2) is 11.0. The van der Waals surface area contributed by atoms with Crippen molar-refractivity contribution in [3.8, 4) is 0 Å². The molecule has 4 aromatic heterocycles. The number of H-pyrrole nitrogens is 1. The standard InChI is InChI=1S/C21H23B2N9O11P2/c1-7-29-18-11(19(35)30-7)28-6-32(18)21-15-12(33)8(40-21)2-38-44(22,36)42-14-9(3-39-45(23,37)43-15)41-20(13(14)34)31-5-27-10-16(24)25-4-26-17(10)31/h4-6,8-9,12-15,20-21,33-34H,2-3H2,1H3,(H2,24,25,26)(H,29,30,35)/t8?,9?,12?,13?,14?,15?,20?,21?,44-,45-/m0/s1. The number of imidazole rings is 2. The number of hydrogen-bond acceptors (Lipinski definition) is 17. The highest BCUT2D eigenvalue weighted by atomic mass is 31.2. The molecule has 234 valence electrons. The van der Waals surface area contributed by atoms with E-state index in [-0.39, 0.29) is 34.0 Å². The Morgan fingerprint density at radius 2 is 1.51 bits per heavy atom. The van der Waals surface area contributed by atoms with Gasteiger partial charge in [0.15, 0.2) is 35.1 Å². The third-order valence-corrected chi connectivity index (χ3v) is 9.58. The molecular weight excluding hydrogens is 638 g/mol. The Labute approximate surface area is 254 Å². The summed E-state index contributed by atoms with van der Waals surface area (Å²) in [7, 11) is 2.76. The molecule has 5 N–H and O–H groups in total. The Hall–Kier alpha value is -3.03. The van der Waals surface area contributed by atoms with Crippen LogP contribution in [0.4, 0.5) is 5.82 Å². The number of hydrogen-bond donors (Lipinski definition) is 4. The minimum absolute atomic E-state index is 0.0454. The van der Waals surface area contributed by atoms with Gasteiger partial charge in [-0.2, -0.15) is 0 Å². The van der Waals surface area contributed by atoms with Crippen LogP contribution in [-0.4, -0.2) is 114 Å². The number of aliphatic hydroxyl groups is 2. The van der Waals surface area contributed by atoms with E-state index >= 15 is 0 Å². The van der Waals surface area contributed by atoms with Gasteiger partial charge in [0.25, 0.3) is 20.5 Å². The second-order valence-corrected chi connectivity index (χ2v) is 13.6. The quantitative estimate of drug-likeness (QED) is 0.144. The highest BCUT2D eigenvalue weighted by Gasteiger charge is 2.52. The summed E-state index contributed by atoms with van der Waals surface area (Å²) in [6.45, 7) is 0.281. The Morgan fingerprint density at radius 1 is 0.889 bits per heavy atom. The molecule has 4 radical (unpaired) electrons. The number of nitrogens with two attached hydrogens (primary N) is 1. The van der Waals surface area contributed by atoms with Gasteiger partial charge in [-0.15, -0.1) is 0 Å². The molecule has 8 unspecified atom stereocenters. The van der Waals surface area contributed by atoms with E-state index in [0.29, 0.717) is 0 Å². The summed E-state index contributed by atoms with van der Waals surface area (Å²) in [5.74, 6) is 0.334. The molecule has 3 fully saturated rings. The van der Waals surface area contributed by atoms with Crippen molar-refractivity contribution in [1.82, 2.24) is 39.0 Å². The molecule has 20 nitrogen and oxygen atoms in total. The van der Waals surface area contributed by atoms with Crippen molar-refractivity contribution in [2.45, 2.75) is 56.0 Å². The Balaban J connectivity index is 1.21. The fourth-order valence-electron chi connectivity index (χ4n) is 5.44. The maximum atomic E-state index is 13.5. The monoisotopic (exact) mass is 661 g/mol. The van der Waals surface area contributed by atoms with E-state index in [2.05, 4.69) is 29.9 Å². The molecule has 45 heavy (non-hydrogen) atoms. The van der Waals surface area contributed by atoms with Crippen molar-refractivity contribution < 1.29 is 46.9 Å². The number of rotatable bonds is 2. The minimum atomic E-state index is -4.56. The molecule has 3 aliphatic heterocycles. The maximum absolute atomic E-state index is 13.5. The Kier molecular flexibility index (Phi) is 7.52. The van der Waals surface area contributed by atoms with Crippen molar-refractivity contribution in [2.75, 3.05) is 18.9 Å². The van der Waals surface area contributed by atoms with Gasteiger partial charge in [-0.1, -0.05) is 0 Å². The lowest BCUT2D eigenvalue weighted by Gasteiger charge is -2.28. The van der Waals surface area contributed by atoms with Crippen LogP contribution < -0.4 is 11.3 Å². The first kappa shape index (κ1) is 30.6. The second-order valence-electron chi connectivity index (χ2n) is 10.5. The third-order valence-electron chi connectivity index (χ3n) is 7.48. The molecular formula is C21H23B2N9O11P2. The first-order valence-electron chi connectivity index (χ1n) is 13.3. The summed E-state index contributed by atoms with van der Waals surface area (Å²) < 4.78 is 63.2. The molecule has 0 aromatic carbocycles. The van der Waals surface area contributed by atoms with E-state index in [1.54, 1.807) is 6.92 Å². The molecule has 0 aliphatic carbocycles. The number of aromatic amines is 1. The topological polar surface area (TPSA) is 263 Å². The van der Waals surface area contributed by atoms with E-state index in [1.165, 1.54) is 28.1 Å². The van der Waals surface area contributed by atoms with Crippen molar-refractivity contribution >= 4 is 58.2 Å². The lowest BCUT2D eigenvalue weighted by atomic mass is 10.1. The van der Waals surface area contributed by atoms with Crippen LogP contribution in [0.3, 0.4) is 0 Å². The van der Waals surface area contributed by atoms with Gasteiger partial charge >= 0.3 is 0 Å². The fourth-order valence-corrected chi connectivity index (χ4v) is 7.44. The molecule has 0 amide bonds. The number of aryl methyl sites for hydroxylation is 1. The minimum Gasteiger partial charge on any atom is -0.387 e. The largest absolute Gasteiger partial charge is 0.387 e. The molecule has 2 bridgehead atoms. The summed E-state index contributed by atoms with van der Waals surface area (Å²) in [6, 6.07) is 0. The van der Waals surface area contributed by atoms with Gasteiger partial charge in [0.2, 0.25) is 15.1 Å². The average molecular weight is 661 g/mol. The molecule has 3 saturated heterocycles. The zero-order valence-corrected chi connectivity index (χ0v) is 24.9. The van der Waals surface area contributed by atoms with Crippen LogP contribution in [-0.2, 0) is 36.7 Å².